The van der Waals surface area contributed by atoms with E-state index in [9.17, 15) is 28.7 Å². The van der Waals surface area contributed by atoms with Gasteiger partial charge in [0, 0.05) is 71.1 Å². The van der Waals surface area contributed by atoms with Gasteiger partial charge in [-0.1, -0.05) is 68.8 Å². The molecule has 3 aliphatic rings. The molecule has 74 heavy (non-hydrogen) atoms. The number of hydrogen-bond donors (Lipinski definition) is 4. The average Bonchev–Trinajstić information content (AvgIpc) is 4.11. The molecule has 6 aromatic rings. The zero-order valence-corrected chi connectivity index (χ0v) is 44.8. The van der Waals surface area contributed by atoms with Crippen LogP contribution < -0.4 is 25.4 Å². The third kappa shape index (κ3) is 11.3. The number of amides is 4. The minimum Gasteiger partial charge on any atom is -0.490 e. The summed E-state index contributed by atoms with van der Waals surface area (Å²) in [6.45, 7) is 14.5. The van der Waals surface area contributed by atoms with Crippen molar-refractivity contribution in [3.8, 4) is 26.9 Å². The first-order valence-electron chi connectivity index (χ1n) is 24.5. The van der Waals surface area contributed by atoms with Gasteiger partial charge in [0.05, 0.1) is 40.4 Å². The SMILES string of the molecule is Cc1ncsc1-c1ccc([C@H](C)NC(=O)[C@@H]2C[C@@H](O)CN2C(=O)[C@@H](NC(=O)COc2cc(F)cc(O[C@H]3C[C@@H](NC(=O)C[C@@H]4N=C(c5ccc(Cl)cc5)c5c(sc(C)c5C)-n5c(C)nnc54)C3)c2)C(C)(C)C)cc1. The third-order valence-electron chi connectivity index (χ3n) is 13.8. The van der Waals surface area contributed by atoms with Crippen LogP contribution in [0.4, 0.5) is 4.39 Å². The van der Waals surface area contributed by atoms with Crippen LogP contribution in [0.3, 0.4) is 0 Å². The second-order valence-electron chi connectivity index (χ2n) is 20.4. The average molecular weight is 1060 g/mol. The van der Waals surface area contributed by atoms with Crippen LogP contribution in [-0.4, -0.2) is 103 Å². The van der Waals surface area contributed by atoms with Gasteiger partial charge >= 0.3 is 0 Å². The fourth-order valence-electron chi connectivity index (χ4n) is 9.62. The largest absolute Gasteiger partial charge is 0.490 e. The number of nitrogens with one attached hydrogen (secondary N) is 3. The third-order valence-corrected chi connectivity index (χ3v) is 16.2. The molecule has 4 amide bonds. The molecule has 1 saturated heterocycles. The number of carbonyl (C=O) groups excluding carboxylic acids is 4. The predicted octanol–water partition coefficient (Wildman–Crippen LogP) is 8.24. The molecular weight excluding hydrogens is 1010 g/mol. The molecule has 388 valence electrons. The molecule has 2 fully saturated rings. The summed E-state index contributed by atoms with van der Waals surface area (Å²) in [5, 5.41) is 30.0. The van der Waals surface area contributed by atoms with E-state index in [4.69, 9.17) is 26.1 Å². The van der Waals surface area contributed by atoms with E-state index in [1.165, 1.54) is 17.0 Å². The van der Waals surface area contributed by atoms with Crippen molar-refractivity contribution in [3.63, 3.8) is 0 Å². The van der Waals surface area contributed by atoms with E-state index in [2.05, 4.69) is 45.0 Å². The van der Waals surface area contributed by atoms with E-state index in [1.807, 2.05) is 73.9 Å². The summed E-state index contributed by atoms with van der Waals surface area (Å²) in [7, 11) is 0. The molecule has 3 aromatic heterocycles. The van der Waals surface area contributed by atoms with E-state index < -0.39 is 65.8 Å². The van der Waals surface area contributed by atoms with Crippen LogP contribution in [0.2, 0.25) is 5.02 Å². The zero-order valence-electron chi connectivity index (χ0n) is 42.4. The Morgan fingerprint density at radius 1 is 0.919 bits per heavy atom. The molecular formula is C54H59ClFN9O7S2. The van der Waals surface area contributed by atoms with Crippen molar-refractivity contribution in [2.75, 3.05) is 13.2 Å². The molecule has 2 aliphatic heterocycles. The molecule has 0 spiro atoms. The normalized spacial score (nSPS) is 20.0. The van der Waals surface area contributed by atoms with Gasteiger partial charge in [-0.15, -0.1) is 32.9 Å². The van der Waals surface area contributed by atoms with Crippen molar-refractivity contribution in [3.05, 3.63) is 128 Å². The van der Waals surface area contributed by atoms with Crippen molar-refractivity contribution < 1.29 is 38.1 Å². The van der Waals surface area contributed by atoms with Gasteiger partial charge in [-0.25, -0.2) is 9.37 Å². The maximum Gasteiger partial charge on any atom is 0.258 e. The van der Waals surface area contributed by atoms with E-state index in [1.54, 1.807) is 49.0 Å². The Morgan fingerprint density at radius 3 is 2.31 bits per heavy atom. The smallest absolute Gasteiger partial charge is 0.258 e. The van der Waals surface area contributed by atoms with E-state index >= 15 is 0 Å². The maximum absolute atomic E-state index is 15.0. The number of aliphatic hydroxyl groups excluding tert-OH is 1. The molecule has 1 saturated carbocycles. The molecule has 1 aliphatic carbocycles. The number of hydrogen-bond acceptors (Lipinski definition) is 13. The summed E-state index contributed by atoms with van der Waals surface area (Å²) in [5.41, 5.74) is 7.51. The molecule has 5 atom stereocenters. The molecule has 9 rings (SSSR count). The Bertz CT molecular complexity index is 3130. The fourth-order valence-corrected chi connectivity index (χ4v) is 11.8. The Labute approximate surface area is 441 Å². The lowest BCUT2D eigenvalue weighted by Gasteiger charge is -2.36. The van der Waals surface area contributed by atoms with Crippen molar-refractivity contribution >= 4 is 63.6 Å². The number of ether oxygens (including phenoxy) is 2. The maximum atomic E-state index is 15.0. The minimum atomic E-state index is -1.10. The van der Waals surface area contributed by atoms with Gasteiger partial charge in [-0.05, 0) is 68.9 Å². The number of aromatic nitrogens is 4. The number of carbonyl (C=O) groups is 4. The van der Waals surface area contributed by atoms with Gasteiger partial charge in [0.1, 0.15) is 52.4 Å². The van der Waals surface area contributed by atoms with Crippen molar-refractivity contribution in [2.45, 2.75) is 123 Å². The lowest BCUT2D eigenvalue weighted by Crippen LogP contribution is -2.58. The Hall–Kier alpha value is -6.54. The second kappa shape index (κ2) is 21.4. The van der Waals surface area contributed by atoms with Gasteiger partial charge in [0.2, 0.25) is 17.7 Å². The van der Waals surface area contributed by atoms with Crippen LogP contribution >= 0.6 is 34.3 Å². The first-order valence-corrected chi connectivity index (χ1v) is 26.6. The number of aliphatic hydroxyl groups is 1. The number of rotatable bonds is 15. The molecule has 5 heterocycles. The molecule has 3 aromatic carbocycles. The highest BCUT2D eigenvalue weighted by Crippen LogP contribution is 2.40. The van der Waals surface area contributed by atoms with Gasteiger partial charge in [0.15, 0.2) is 12.4 Å². The van der Waals surface area contributed by atoms with Gasteiger partial charge in [-0.2, -0.15) is 0 Å². The summed E-state index contributed by atoms with van der Waals surface area (Å²) in [5.74, 6) is -0.983. The number of benzene rings is 3. The highest BCUT2D eigenvalue weighted by Gasteiger charge is 2.45. The van der Waals surface area contributed by atoms with E-state index in [0.29, 0.717) is 29.5 Å². The van der Waals surface area contributed by atoms with Crippen molar-refractivity contribution in [2.24, 2.45) is 10.4 Å². The van der Waals surface area contributed by atoms with Crippen LogP contribution in [0.1, 0.15) is 110 Å². The summed E-state index contributed by atoms with van der Waals surface area (Å²) in [4.78, 5) is 68.2. The first-order chi connectivity index (χ1) is 35.2. The number of thiophene rings is 1. The van der Waals surface area contributed by atoms with Crippen LogP contribution in [0.25, 0.3) is 15.4 Å². The van der Waals surface area contributed by atoms with E-state index in [-0.39, 0.29) is 48.9 Å². The second-order valence-corrected chi connectivity index (χ2v) is 22.9. The van der Waals surface area contributed by atoms with Crippen molar-refractivity contribution in [1.29, 1.82) is 0 Å². The first kappa shape index (κ1) is 52.3. The van der Waals surface area contributed by atoms with Crippen LogP contribution in [-0.2, 0) is 19.2 Å². The van der Waals surface area contributed by atoms with Gasteiger partial charge in [-0.3, -0.25) is 28.7 Å². The Kier molecular flexibility index (Phi) is 15.1. The number of aryl methyl sites for hydroxylation is 3. The monoisotopic (exact) mass is 1060 g/mol. The quantitative estimate of drug-likeness (QED) is 0.0776. The fraction of sp³-hybridized carbons (Fsp3) is 0.407. The highest BCUT2D eigenvalue weighted by molar-refractivity contribution is 7.15. The van der Waals surface area contributed by atoms with Gasteiger partial charge < -0.3 is 35.4 Å². The summed E-state index contributed by atoms with van der Waals surface area (Å²) in [6.07, 6.45) is -0.280. The molecule has 20 heteroatoms. The number of aliphatic imine (C=N–C) groups is 1. The molecule has 4 N–H and O–H groups in total. The highest BCUT2D eigenvalue weighted by atomic mass is 35.5. The molecule has 16 nitrogen and oxygen atoms in total. The summed E-state index contributed by atoms with van der Waals surface area (Å²) >= 11 is 9.45. The minimum absolute atomic E-state index is 0.0248. The van der Waals surface area contributed by atoms with Gasteiger partial charge in [0.25, 0.3) is 5.91 Å². The number of nitrogens with zero attached hydrogens (tertiary/aromatic N) is 6. The number of fused-ring (bicyclic) bond motifs is 3. The molecule has 0 bridgehead atoms. The molecule has 0 radical (unpaired) electrons. The topological polar surface area (TPSA) is 202 Å². The lowest BCUT2D eigenvalue weighted by molar-refractivity contribution is -0.144. The van der Waals surface area contributed by atoms with Crippen LogP contribution in [0.5, 0.6) is 11.5 Å². The number of likely N-dealkylation sites (tertiary alicyclic amines) is 1. The number of thiazole rings is 1. The lowest BCUT2D eigenvalue weighted by atomic mass is 9.85. The number of β-amino-alcohol motifs (C(OH)–C–C–N with tert-alkyl or cyclic N) is 1. The van der Waals surface area contributed by atoms with Crippen LogP contribution in [0.15, 0.2) is 77.2 Å². The van der Waals surface area contributed by atoms with Crippen LogP contribution in [0, 0.1) is 38.9 Å². The predicted molar refractivity (Wildman–Crippen MR) is 282 cm³/mol. The van der Waals surface area contributed by atoms with Crippen molar-refractivity contribution in [1.82, 2.24) is 40.6 Å². The standard InChI is InChI=1S/C54H59ClFN9O7S2/c1-27-30(4)74-53-46(27)47(33-13-15-35(55)16-14-33)60-42(50-63-62-31(5)65(50)53)23-44(67)59-37-19-41(20-37)72-40-18-36(56)17-39(22-40)71-25-45(68)61-49(54(6,7)8)52(70)64-24-38(66)21-43(64)51(69)58-28(2)32-9-11-34(12-10-32)48-29(3)57-26-73-48/h9-18,22,26,28,37-38,41-43,49,66H,19-21,23-25H2,1-8H3,(H,58,69)(H,59,67)(H,61,68)/t28-,37-,38+,41+,42-,43-,49+/m0/s1. The molecule has 0 unspecified atom stereocenters. The summed E-state index contributed by atoms with van der Waals surface area (Å²) < 4.78 is 28.8. The number of halogens is 2. The van der Waals surface area contributed by atoms with E-state index in [0.717, 1.165) is 60.0 Å². The summed E-state index contributed by atoms with van der Waals surface area (Å²) in [6, 6.07) is 15.9. The Morgan fingerprint density at radius 2 is 1.62 bits per heavy atom. The zero-order chi connectivity index (χ0) is 52.7. The Balaban J connectivity index is 0.779.